The van der Waals surface area contributed by atoms with Crippen molar-refractivity contribution in [3.63, 3.8) is 0 Å². The molecule has 2 heteroatoms. The Morgan fingerprint density at radius 3 is 2.38 bits per heavy atom. The monoisotopic (exact) mass is 114 g/mol. The Bertz CT molecular complexity index is 80.6. The molecule has 0 aliphatic rings. The van der Waals surface area contributed by atoms with Gasteiger partial charge in [0.25, 0.3) is 0 Å². The van der Waals surface area contributed by atoms with E-state index < -0.39 is 0 Å². The maximum atomic E-state index is 10.6. The molecule has 1 amide bonds. The van der Waals surface area contributed by atoms with Gasteiger partial charge in [-0.05, 0) is 6.42 Å². The van der Waals surface area contributed by atoms with Gasteiger partial charge in [-0.2, -0.15) is 0 Å². The van der Waals surface area contributed by atoms with E-state index in [1.165, 1.54) is 7.05 Å². The number of carbonyl (C=O) groups excluding carboxylic acids is 1. The van der Waals surface area contributed by atoms with Gasteiger partial charge in [0.05, 0.1) is 0 Å². The molecule has 1 radical (unpaired) electrons. The van der Waals surface area contributed by atoms with Gasteiger partial charge in [0.15, 0.2) is 0 Å². The summed E-state index contributed by atoms with van der Waals surface area (Å²) in [6.07, 6.45) is 0.885. The minimum atomic E-state index is 0.00694. The van der Waals surface area contributed by atoms with Gasteiger partial charge in [0.1, 0.15) is 0 Å². The Labute approximate surface area is 50.3 Å². The average molecular weight is 114 g/mol. The van der Waals surface area contributed by atoms with Crippen LogP contribution in [0.5, 0.6) is 0 Å². The smallest absolute Gasteiger partial charge is 0.243 e. The fourth-order valence-electron chi connectivity index (χ4n) is 0.395. The zero-order valence-corrected chi connectivity index (χ0v) is 5.64. The van der Waals surface area contributed by atoms with Crippen LogP contribution in [-0.4, -0.2) is 13.0 Å². The maximum absolute atomic E-state index is 10.6. The van der Waals surface area contributed by atoms with Crippen molar-refractivity contribution >= 4 is 5.91 Å². The van der Waals surface area contributed by atoms with Crippen LogP contribution in [0.3, 0.4) is 0 Å². The second-order valence-electron chi connectivity index (χ2n) is 1.87. The second kappa shape index (κ2) is 3.47. The summed E-state index contributed by atoms with van der Waals surface area (Å²) in [4.78, 5) is 10.6. The Balaban J connectivity index is 3.46. The molecule has 47 valence electrons. The zero-order valence-electron chi connectivity index (χ0n) is 5.64. The average Bonchev–Trinajstić information content (AvgIpc) is 1.84. The lowest BCUT2D eigenvalue weighted by atomic mass is 10.1. The topological polar surface area (TPSA) is 31.2 Å². The van der Waals surface area contributed by atoms with Crippen LogP contribution in [0.2, 0.25) is 0 Å². The van der Waals surface area contributed by atoms with Crippen molar-refractivity contribution in [2.75, 3.05) is 7.05 Å². The fourth-order valence-corrected chi connectivity index (χ4v) is 0.395. The molecule has 0 rings (SSSR count). The highest BCUT2D eigenvalue weighted by Crippen LogP contribution is 1.98. The van der Waals surface area contributed by atoms with Crippen molar-refractivity contribution in [1.82, 2.24) is 5.32 Å². The highest BCUT2D eigenvalue weighted by molar-refractivity contribution is 5.77. The normalized spacial score (nSPS) is 12.9. The molecule has 8 heavy (non-hydrogen) atoms. The van der Waals surface area contributed by atoms with Crippen LogP contribution in [0.4, 0.5) is 0 Å². The summed E-state index contributed by atoms with van der Waals surface area (Å²) in [5, 5.41) is 3.52. The predicted octanol–water partition coefficient (Wildman–Crippen LogP) is 0.793. The summed E-state index contributed by atoms with van der Waals surface area (Å²) in [6, 6.07) is 0. The van der Waals surface area contributed by atoms with Crippen molar-refractivity contribution in [1.29, 1.82) is 0 Å². The van der Waals surface area contributed by atoms with Gasteiger partial charge in [0.2, 0.25) is 5.91 Å². The first-order valence-electron chi connectivity index (χ1n) is 2.86. The quantitative estimate of drug-likeness (QED) is 0.522. The van der Waals surface area contributed by atoms with E-state index in [1.54, 1.807) is 0 Å². The van der Waals surface area contributed by atoms with Crippen molar-refractivity contribution in [2.24, 2.45) is 5.92 Å². The maximum Gasteiger partial charge on any atom is 0.243 e. The zero-order chi connectivity index (χ0) is 6.57. The first-order chi connectivity index (χ1) is 3.72. The van der Waals surface area contributed by atoms with E-state index in [4.69, 9.17) is 0 Å². The first-order valence-corrected chi connectivity index (χ1v) is 2.86. The highest BCUT2D eigenvalue weighted by atomic mass is 16.1. The second-order valence-corrected chi connectivity index (χ2v) is 1.87. The van der Waals surface area contributed by atoms with Gasteiger partial charge in [-0.15, -0.1) is 0 Å². The standard InChI is InChI=1S/C6H12NO/c1-4-5(2)6(8)7-3/h5H,4H2,1-3H3. The molecule has 0 aliphatic carbocycles. The number of carbonyl (C=O) groups is 1. The number of rotatable bonds is 2. The minimum absolute atomic E-state index is 0.00694. The molecule has 0 heterocycles. The summed E-state index contributed by atoms with van der Waals surface area (Å²) < 4.78 is 0. The number of nitrogens with zero attached hydrogens (tertiary/aromatic N) is 1. The molecule has 0 aromatic rings. The van der Waals surface area contributed by atoms with E-state index in [2.05, 4.69) is 5.32 Å². The highest BCUT2D eigenvalue weighted by Gasteiger charge is 2.07. The van der Waals surface area contributed by atoms with Crippen LogP contribution in [-0.2, 0) is 4.79 Å². The molecule has 0 bridgehead atoms. The molecule has 0 saturated heterocycles. The molecule has 0 fully saturated rings. The van der Waals surface area contributed by atoms with E-state index in [0.717, 1.165) is 6.42 Å². The molecule has 0 aliphatic heterocycles. The third kappa shape index (κ3) is 1.96. The van der Waals surface area contributed by atoms with E-state index in [1.807, 2.05) is 13.8 Å². The van der Waals surface area contributed by atoms with Gasteiger partial charge >= 0.3 is 0 Å². The lowest BCUT2D eigenvalue weighted by molar-refractivity contribution is -0.124. The molecule has 0 aromatic heterocycles. The largest absolute Gasteiger partial charge is 0.273 e. The van der Waals surface area contributed by atoms with E-state index in [0.29, 0.717) is 0 Å². The third-order valence-electron chi connectivity index (χ3n) is 1.25. The minimum Gasteiger partial charge on any atom is -0.273 e. The Morgan fingerprint density at radius 1 is 1.75 bits per heavy atom. The Morgan fingerprint density at radius 2 is 2.25 bits per heavy atom. The summed E-state index contributed by atoms with van der Waals surface area (Å²) in [5.74, 6) is 0.118. The summed E-state index contributed by atoms with van der Waals surface area (Å²) in [5.41, 5.74) is 0. The lowest BCUT2D eigenvalue weighted by Crippen LogP contribution is -2.18. The fraction of sp³-hybridized carbons (Fsp3) is 0.833. The molecule has 0 spiro atoms. The molecular weight excluding hydrogens is 102 g/mol. The van der Waals surface area contributed by atoms with Crippen molar-refractivity contribution in [3.8, 4) is 0 Å². The van der Waals surface area contributed by atoms with Crippen LogP contribution in [0.15, 0.2) is 0 Å². The Kier molecular flexibility index (Phi) is 3.24. The van der Waals surface area contributed by atoms with Gasteiger partial charge in [0, 0.05) is 13.0 Å². The van der Waals surface area contributed by atoms with Crippen LogP contribution in [0.25, 0.3) is 0 Å². The van der Waals surface area contributed by atoms with Gasteiger partial charge in [-0.3, -0.25) is 10.1 Å². The molecular formula is C6H12NO. The van der Waals surface area contributed by atoms with Crippen LogP contribution in [0, 0.1) is 5.92 Å². The first kappa shape index (κ1) is 7.47. The van der Waals surface area contributed by atoms with E-state index in [9.17, 15) is 4.79 Å². The molecule has 0 saturated carbocycles. The van der Waals surface area contributed by atoms with Crippen LogP contribution < -0.4 is 5.32 Å². The number of amides is 1. The summed E-state index contributed by atoms with van der Waals surface area (Å²) in [6.45, 7) is 3.86. The molecule has 0 N–H and O–H groups in total. The van der Waals surface area contributed by atoms with Crippen molar-refractivity contribution < 1.29 is 4.79 Å². The van der Waals surface area contributed by atoms with E-state index >= 15 is 0 Å². The SMILES string of the molecule is CCC(C)C(=O)[N]C. The van der Waals surface area contributed by atoms with Gasteiger partial charge in [-0.1, -0.05) is 13.8 Å². The van der Waals surface area contributed by atoms with Crippen molar-refractivity contribution in [3.05, 3.63) is 0 Å². The predicted molar refractivity (Wildman–Crippen MR) is 32.5 cm³/mol. The van der Waals surface area contributed by atoms with Crippen LogP contribution >= 0.6 is 0 Å². The molecule has 0 aromatic carbocycles. The summed E-state index contributed by atoms with van der Waals surface area (Å²) in [7, 11) is 1.54. The van der Waals surface area contributed by atoms with Crippen molar-refractivity contribution in [2.45, 2.75) is 20.3 Å². The number of hydrogen-bond acceptors (Lipinski definition) is 1. The number of hydrogen-bond donors (Lipinski definition) is 0. The molecule has 1 atom stereocenters. The summed E-state index contributed by atoms with van der Waals surface area (Å²) >= 11 is 0. The lowest BCUT2D eigenvalue weighted by Gasteiger charge is -2.01. The Hall–Kier alpha value is -0.530. The molecule has 2 nitrogen and oxygen atoms in total. The molecule has 1 unspecified atom stereocenters. The third-order valence-corrected chi connectivity index (χ3v) is 1.25. The van der Waals surface area contributed by atoms with Gasteiger partial charge < -0.3 is 0 Å². The van der Waals surface area contributed by atoms with Gasteiger partial charge in [-0.25, -0.2) is 0 Å². The van der Waals surface area contributed by atoms with Crippen LogP contribution in [0.1, 0.15) is 20.3 Å². The van der Waals surface area contributed by atoms with E-state index in [-0.39, 0.29) is 11.8 Å².